The van der Waals surface area contributed by atoms with Gasteiger partial charge in [0.15, 0.2) is 0 Å². The van der Waals surface area contributed by atoms with Crippen LogP contribution < -0.4 is 0 Å². The lowest BCUT2D eigenvalue weighted by atomic mass is 10.1. The Bertz CT molecular complexity index is 159. The lowest BCUT2D eigenvalue weighted by Gasteiger charge is -2.09. The highest BCUT2D eigenvalue weighted by Crippen LogP contribution is 2.17. The molecule has 1 nitrogen and oxygen atoms in total. The lowest BCUT2D eigenvalue weighted by Crippen LogP contribution is -1.92. The van der Waals surface area contributed by atoms with E-state index in [0.29, 0.717) is 0 Å². The summed E-state index contributed by atoms with van der Waals surface area (Å²) in [7, 11) is 1.72. The number of methoxy groups -OCH3 is 1. The quantitative estimate of drug-likeness (QED) is 0.524. The van der Waals surface area contributed by atoms with Gasteiger partial charge in [0, 0.05) is 1.43 Å². The van der Waals surface area contributed by atoms with Crippen LogP contribution in [0.2, 0.25) is 0 Å². The molecule has 0 aromatic heterocycles. The van der Waals surface area contributed by atoms with Crippen LogP contribution in [0.4, 0.5) is 0 Å². The van der Waals surface area contributed by atoms with Crippen LogP contribution in [0.1, 0.15) is 21.2 Å². The second-order valence-electron chi connectivity index (χ2n) is 2.29. The summed E-state index contributed by atoms with van der Waals surface area (Å²) in [5.74, 6) is 1.04. The first-order valence-electron chi connectivity index (χ1n) is 3.25. The first kappa shape index (κ1) is 6.40. The Hall–Kier alpha value is -0.720. The molecule has 0 N–H and O–H groups in total. The second-order valence-corrected chi connectivity index (χ2v) is 2.29. The van der Waals surface area contributed by atoms with E-state index in [1.54, 1.807) is 7.11 Å². The van der Waals surface area contributed by atoms with Crippen LogP contribution >= 0.6 is 0 Å². The molecule has 0 amide bonds. The molecule has 1 rings (SSSR count). The zero-order chi connectivity index (χ0) is 6.69. The molecular formula is C8H14O. The van der Waals surface area contributed by atoms with Crippen molar-refractivity contribution in [3.05, 3.63) is 23.5 Å². The zero-order valence-electron chi connectivity index (χ0n) is 5.98. The molecule has 0 heterocycles. The van der Waals surface area contributed by atoms with Gasteiger partial charge in [-0.3, -0.25) is 0 Å². The van der Waals surface area contributed by atoms with Gasteiger partial charge in [-0.25, -0.2) is 0 Å². The fraction of sp³-hybridized carbons (Fsp3) is 0.500. The summed E-state index contributed by atoms with van der Waals surface area (Å²) in [5, 5.41) is 0. The molecule has 9 heavy (non-hydrogen) atoms. The average Bonchev–Trinajstić information content (AvgIpc) is 1.89. The molecule has 0 radical (unpaired) electrons. The summed E-state index contributed by atoms with van der Waals surface area (Å²) in [6.07, 6.45) is 6.50. The van der Waals surface area contributed by atoms with E-state index >= 15 is 0 Å². The van der Waals surface area contributed by atoms with Crippen molar-refractivity contribution in [2.75, 3.05) is 7.11 Å². The maximum absolute atomic E-state index is 5.10. The molecule has 0 fully saturated rings. The van der Waals surface area contributed by atoms with E-state index < -0.39 is 0 Å². The van der Waals surface area contributed by atoms with Crippen LogP contribution in [-0.2, 0) is 4.74 Å². The van der Waals surface area contributed by atoms with Crippen molar-refractivity contribution >= 4 is 0 Å². The highest BCUT2D eigenvalue weighted by Gasteiger charge is 2.01. The molecule has 0 aromatic rings. The van der Waals surface area contributed by atoms with Gasteiger partial charge in [0.25, 0.3) is 0 Å². The molecule has 1 aliphatic carbocycles. The van der Waals surface area contributed by atoms with Gasteiger partial charge >= 0.3 is 0 Å². The minimum absolute atomic E-state index is 0. The number of allylic oxidation sites excluding steroid dienone is 3. The highest BCUT2D eigenvalue weighted by molar-refractivity contribution is 5.22. The number of ether oxygens (including phenoxy) is 1. The van der Waals surface area contributed by atoms with E-state index in [9.17, 15) is 0 Å². The molecule has 1 heteroatoms. The Labute approximate surface area is 57.5 Å². The summed E-state index contributed by atoms with van der Waals surface area (Å²) in [6.45, 7) is 2.11. The SMILES string of the molecule is COC1=C(C)CCC=C1.[HH]. The Morgan fingerprint density at radius 3 is 2.89 bits per heavy atom. The Balaban J connectivity index is 0.000000810. The van der Waals surface area contributed by atoms with E-state index in [2.05, 4.69) is 13.0 Å². The Morgan fingerprint density at radius 1 is 1.67 bits per heavy atom. The van der Waals surface area contributed by atoms with Crippen LogP contribution in [0.3, 0.4) is 0 Å². The average molecular weight is 126 g/mol. The highest BCUT2D eigenvalue weighted by atomic mass is 16.5. The van der Waals surface area contributed by atoms with Crippen molar-refractivity contribution in [2.24, 2.45) is 0 Å². The normalized spacial score (nSPS) is 18.4. The summed E-state index contributed by atoms with van der Waals surface area (Å²) >= 11 is 0. The summed E-state index contributed by atoms with van der Waals surface area (Å²) in [4.78, 5) is 0. The molecule has 0 saturated heterocycles. The van der Waals surface area contributed by atoms with Crippen LogP contribution in [0.5, 0.6) is 0 Å². The monoisotopic (exact) mass is 126 g/mol. The van der Waals surface area contributed by atoms with Crippen LogP contribution in [0.15, 0.2) is 23.5 Å². The zero-order valence-corrected chi connectivity index (χ0v) is 5.98. The van der Waals surface area contributed by atoms with Crippen molar-refractivity contribution in [1.29, 1.82) is 0 Å². The van der Waals surface area contributed by atoms with Gasteiger partial charge in [-0.1, -0.05) is 6.08 Å². The fourth-order valence-corrected chi connectivity index (χ4v) is 0.998. The maximum atomic E-state index is 5.10. The molecular weight excluding hydrogens is 112 g/mol. The molecule has 0 aliphatic heterocycles. The topological polar surface area (TPSA) is 9.23 Å². The third-order valence-electron chi connectivity index (χ3n) is 1.60. The van der Waals surface area contributed by atoms with Crippen molar-refractivity contribution < 1.29 is 6.16 Å². The standard InChI is InChI=1S/C8H12O.H2/c1-7-5-3-4-6-8(7)9-2;/h4,6H,3,5H2,1-2H3;1H. The van der Waals surface area contributed by atoms with Crippen molar-refractivity contribution in [3.63, 3.8) is 0 Å². The van der Waals surface area contributed by atoms with E-state index in [4.69, 9.17) is 4.74 Å². The van der Waals surface area contributed by atoms with Crippen LogP contribution in [-0.4, -0.2) is 7.11 Å². The van der Waals surface area contributed by atoms with Gasteiger partial charge in [0.05, 0.1) is 7.11 Å². The minimum atomic E-state index is 0. The predicted octanol–water partition coefficient (Wildman–Crippen LogP) is 2.50. The van der Waals surface area contributed by atoms with Gasteiger partial charge in [-0.2, -0.15) is 0 Å². The molecule has 0 unspecified atom stereocenters. The number of hydrogen-bond donors (Lipinski definition) is 0. The van der Waals surface area contributed by atoms with E-state index in [-0.39, 0.29) is 1.43 Å². The molecule has 0 saturated carbocycles. The van der Waals surface area contributed by atoms with Crippen LogP contribution in [0.25, 0.3) is 0 Å². The largest absolute Gasteiger partial charge is 0.497 e. The maximum Gasteiger partial charge on any atom is 0.117 e. The molecule has 0 atom stereocenters. The van der Waals surface area contributed by atoms with Gasteiger partial charge < -0.3 is 4.74 Å². The van der Waals surface area contributed by atoms with Crippen molar-refractivity contribution in [3.8, 4) is 0 Å². The van der Waals surface area contributed by atoms with E-state index in [1.165, 1.54) is 12.0 Å². The smallest absolute Gasteiger partial charge is 0.117 e. The van der Waals surface area contributed by atoms with Crippen molar-refractivity contribution in [2.45, 2.75) is 19.8 Å². The number of hydrogen-bond acceptors (Lipinski definition) is 1. The van der Waals surface area contributed by atoms with Crippen LogP contribution in [0, 0.1) is 0 Å². The molecule has 1 aliphatic rings. The summed E-state index contributed by atoms with van der Waals surface area (Å²) in [6, 6.07) is 0. The predicted molar refractivity (Wildman–Crippen MR) is 40.2 cm³/mol. The summed E-state index contributed by atoms with van der Waals surface area (Å²) in [5.41, 5.74) is 1.36. The minimum Gasteiger partial charge on any atom is -0.497 e. The van der Waals surface area contributed by atoms with Gasteiger partial charge in [-0.05, 0) is 31.4 Å². The third-order valence-corrected chi connectivity index (χ3v) is 1.60. The fourth-order valence-electron chi connectivity index (χ4n) is 0.998. The third kappa shape index (κ3) is 1.35. The second kappa shape index (κ2) is 2.72. The van der Waals surface area contributed by atoms with E-state index in [1.807, 2.05) is 6.08 Å². The number of rotatable bonds is 1. The first-order valence-corrected chi connectivity index (χ1v) is 3.25. The van der Waals surface area contributed by atoms with Gasteiger partial charge in [-0.15, -0.1) is 0 Å². The Kier molecular flexibility index (Phi) is 1.93. The molecule has 0 spiro atoms. The van der Waals surface area contributed by atoms with Crippen molar-refractivity contribution in [1.82, 2.24) is 0 Å². The molecule has 0 bridgehead atoms. The molecule has 0 aromatic carbocycles. The van der Waals surface area contributed by atoms with Gasteiger partial charge in [0.2, 0.25) is 0 Å². The summed E-state index contributed by atoms with van der Waals surface area (Å²) < 4.78 is 5.10. The van der Waals surface area contributed by atoms with E-state index in [0.717, 1.165) is 12.2 Å². The van der Waals surface area contributed by atoms with Gasteiger partial charge in [0.1, 0.15) is 5.76 Å². The lowest BCUT2D eigenvalue weighted by molar-refractivity contribution is 0.299. The molecule has 52 valence electrons. The Morgan fingerprint density at radius 2 is 2.44 bits per heavy atom. The first-order chi connectivity index (χ1) is 4.34.